The molecule has 0 bridgehead atoms. The van der Waals surface area contributed by atoms with Crippen LogP contribution in [0.2, 0.25) is 0 Å². The number of rotatable bonds is 10. The Labute approximate surface area is 156 Å². The first-order valence-corrected chi connectivity index (χ1v) is 8.62. The Kier molecular flexibility index (Phi) is 7.90. The third-order valence-electron chi connectivity index (χ3n) is 3.81. The monoisotopic (exact) mass is 373 g/mol. The zero-order valence-electron chi connectivity index (χ0n) is 14.8. The predicted octanol–water partition coefficient (Wildman–Crippen LogP) is 1.67. The molecule has 144 valence electrons. The van der Waals surface area contributed by atoms with Gasteiger partial charge < -0.3 is 25.5 Å². The largest absolute Gasteiger partial charge is 0.481 e. The summed E-state index contributed by atoms with van der Waals surface area (Å²) in [7, 11) is 0. The Morgan fingerprint density at radius 3 is 2.48 bits per heavy atom. The molecule has 0 fully saturated rings. The lowest BCUT2D eigenvalue weighted by molar-refractivity contribution is -0.137. The van der Waals surface area contributed by atoms with Gasteiger partial charge in [0, 0.05) is 12.5 Å². The third-order valence-corrected chi connectivity index (χ3v) is 3.81. The van der Waals surface area contributed by atoms with E-state index in [0.717, 1.165) is 5.56 Å². The Morgan fingerprint density at radius 1 is 1.04 bits per heavy atom. The van der Waals surface area contributed by atoms with Crippen LogP contribution >= 0.6 is 0 Å². The summed E-state index contributed by atoms with van der Waals surface area (Å²) in [5, 5.41) is 16.7. The summed E-state index contributed by atoms with van der Waals surface area (Å²) in [5.74, 6) is -0.696. The SMILES string of the molecule is O=C(O)CCC(Cc1ccccc1)NC(=O)CNC(=O)NCc1ccco1. The smallest absolute Gasteiger partial charge is 0.315 e. The van der Waals surface area contributed by atoms with Gasteiger partial charge in [0.25, 0.3) is 0 Å². The van der Waals surface area contributed by atoms with Crippen LogP contribution in [0.25, 0.3) is 0 Å². The van der Waals surface area contributed by atoms with E-state index in [4.69, 9.17) is 9.52 Å². The fourth-order valence-corrected chi connectivity index (χ4v) is 2.50. The molecule has 3 amide bonds. The molecule has 2 aromatic rings. The zero-order valence-corrected chi connectivity index (χ0v) is 14.8. The first-order chi connectivity index (χ1) is 13.0. The van der Waals surface area contributed by atoms with E-state index >= 15 is 0 Å². The maximum absolute atomic E-state index is 12.1. The Morgan fingerprint density at radius 2 is 1.81 bits per heavy atom. The first-order valence-electron chi connectivity index (χ1n) is 8.62. The van der Waals surface area contributed by atoms with Crippen molar-refractivity contribution in [2.75, 3.05) is 6.54 Å². The molecule has 0 saturated heterocycles. The van der Waals surface area contributed by atoms with Crippen molar-refractivity contribution in [3.63, 3.8) is 0 Å². The zero-order chi connectivity index (χ0) is 19.5. The molecule has 1 atom stereocenters. The predicted molar refractivity (Wildman–Crippen MR) is 97.9 cm³/mol. The molecule has 27 heavy (non-hydrogen) atoms. The number of carboxylic acid groups (broad SMARTS) is 1. The summed E-state index contributed by atoms with van der Waals surface area (Å²) in [6, 6.07) is 12.1. The van der Waals surface area contributed by atoms with Crippen molar-refractivity contribution in [1.29, 1.82) is 0 Å². The minimum absolute atomic E-state index is 0.0468. The number of carboxylic acids is 1. The van der Waals surface area contributed by atoms with E-state index in [-0.39, 0.29) is 31.5 Å². The summed E-state index contributed by atoms with van der Waals surface area (Å²) in [5.41, 5.74) is 0.998. The van der Waals surface area contributed by atoms with Crippen LogP contribution in [-0.2, 0) is 22.6 Å². The number of urea groups is 1. The summed E-state index contributed by atoms with van der Waals surface area (Å²) in [4.78, 5) is 34.7. The van der Waals surface area contributed by atoms with E-state index in [2.05, 4.69) is 16.0 Å². The van der Waals surface area contributed by atoms with E-state index in [9.17, 15) is 14.4 Å². The second-order valence-electron chi connectivity index (χ2n) is 6.00. The number of furan rings is 1. The summed E-state index contributed by atoms with van der Waals surface area (Å²) < 4.78 is 5.10. The number of carbonyl (C=O) groups is 3. The van der Waals surface area contributed by atoms with Crippen LogP contribution in [0.3, 0.4) is 0 Å². The van der Waals surface area contributed by atoms with Crippen LogP contribution in [-0.4, -0.2) is 35.6 Å². The van der Waals surface area contributed by atoms with Crippen molar-refractivity contribution in [3.8, 4) is 0 Å². The maximum atomic E-state index is 12.1. The lowest BCUT2D eigenvalue weighted by Gasteiger charge is -2.18. The molecule has 8 heteroatoms. The molecule has 1 unspecified atom stereocenters. The third kappa shape index (κ3) is 8.08. The second-order valence-corrected chi connectivity index (χ2v) is 6.00. The highest BCUT2D eigenvalue weighted by molar-refractivity contribution is 5.84. The number of hydrogen-bond acceptors (Lipinski definition) is 4. The number of aliphatic carboxylic acids is 1. The van der Waals surface area contributed by atoms with Crippen LogP contribution < -0.4 is 16.0 Å². The van der Waals surface area contributed by atoms with Crippen molar-refractivity contribution >= 4 is 17.9 Å². The molecule has 0 spiro atoms. The molecule has 4 N–H and O–H groups in total. The molecular formula is C19H23N3O5. The van der Waals surface area contributed by atoms with E-state index in [1.807, 2.05) is 30.3 Å². The van der Waals surface area contributed by atoms with E-state index in [1.165, 1.54) is 6.26 Å². The molecule has 0 aliphatic rings. The van der Waals surface area contributed by atoms with Gasteiger partial charge in [-0.15, -0.1) is 0 Å². The number of nitrogens with one attached hydrogen (secondary N) is 3. The Balaban J connectivity index is 1.77. The van der Waals surface area contributed by atoms with Crippen molar-refractivity contribution in [1.82, 2.24) is 16.0 Å². The average Bonchev–Trinajstić information content (AvgIpc) is 3.17. The lowest BCUT2D eigenvalue weighted by Crippen LogP contribution is -2.45. The number of carbonyl (C=O) groups excluding carboxylic acids is 2. The van der Waals surface area contributed by atoms with Gasteiger partial charge in [0.1, 0.15) is 5.76 Å². The van der Waals surface area contributed by atoms with Crippen LogP contribution in [0.1, 0.15) is 24.2 Å². The van der Waals surface area contributed by atoms with Crippen LogP contribution in [0.5, 0.6) is 0 Å². The minimum Gasteiger partial charge on any atom is -0.481 e. The van der Waals surface area contributed by atoms with Gasteiger partial charge in [-0.1, -0.05) is 30.3 Å². The Bertz CT molecular complexity index is 731. The average molecular weight is 373 g/mol. The molecule has 0 saturated carbocycles. The molecule has 0 aliphatic heterocycles. The van der Waals surface area contributed by atoms with Gasteiger partial charge in [0.15, 0.2) is 0 Å². The van der Waals surface area contributed by atoms with E-state index < -0.39 is 12.0 Å². The molecule has 1 aromatic carbocycles. The van der Waals surface area contributed by atoms with Crippen LogP contribution in [0.4, 0.5) is 4.79 Å². The van der Waals surface area contributed by atoms with Gasteiger partial charge in [-0.2, -0.15) is 0 Å². The number of benzene rings is 1. The first kappa shape index (κ1) is 20.0. The molecule has 0 aliphatic carbocycles. The molecule has 1 heterocycles. The topological polar surface area (TPSA) is 121 Å². The summed E-state index contributed by atoms with van der Waals surface area (Å²) >= 11 is 0. The van der Waals surface area contributed by atoms with Crippen molar-refractivity contribution in [3.05, 3.63) is 60.1 Å². The number of hydrogen-bond donors (Lipinski definition) is 4. The highest BCUT2D eigenvalue weighted by Gasteiger charge is 2.15. The number of amides is 3. The van der Waals surface area contributed by atoms with Gasteiger partial charge in [-0.3, -0.25) is 9.59 Å². The van der Waals surface area contributed by atoms with E-state index in [0.29, 0.717) is 18.6 Å². The molecule has 8 nitrogen and oxygen atoms in total. The van der Waals surface area contributed by atoms with Gasteiger partial charge in [-0.25, -0.2) is 4.79 Å². The Hall–Kier alpha value is -3.29. The van der Waals surface area contributed by atoms with Crippen molar-refractivity contribution < 1.29 is 23.9 Å². The molecule has 0 radical (unpaired) electrons. The minimum atomic E-state index is -0.919. The van der Waals surface area contributed by atoms with Crippen molar-refractivity contribution in [2.24, 2.45) is 0 Å². The lowest BCUT2D eigenvalue weighted by atomic mass is 10.0. The van der Waals surface area contributed by atoms with Gasteiger partial charge in [-0.05, 0) is 30.5 Å². The quantitative estimate of drug-likeness (QED) is 0.505. The van der Waals surface area contributed by atoms with Gasteiger partial charge in [0.2, 0.25) is 5.91 Å². The van der Waals surface area contributed by atoms with Crippen LogP contribution in [0, 0.1) is 0 Å². The normalized spacial score (nSPS) is 11.4. The van der Waals surface area contributed by atoms with Gasteiger partial charge >= 0.3 is 12.0 Å². The van der Waals surface area contributed by atoms with Crippen LogP contribution in [0.15, 0.2) is 53.1 Å². The second kappa shape index (κ2) is 10.6. The maximum Gasteiger partial charge on any atom is 0.315 e. The van der Waals surface area contributed by atoms with Gasteiger partial charge in [0.05, 0.1) is 19.4 Å². The van der Waals surface area contributed by atoms with Crippen molar-refractivity contribution in [2.45, 2.75) is 31.8 Å². The molecule has 1 aromatic heterocycles. The standard InChI is InChI=1S/C19H23N3O5/c23-17(13-21-19(26)20-12-16-7-4-10-27-16)22-15(8-9-18(24)25)11-14-5-2-1-3-6-14/h1-7,10,15H,8-9,11-13H2,(H,22,23)(H,24,25)(H2,20,21,26). The highest BCUT2D eigenvalue weighted by Crippen LogP contribution is 2.08. The van der Waals surface area contributed by atoms with E-state index in [1.54, 1.807) is 12.1 Å². The fourth-order valence-electron chi connectivity index (χ4n) is 2.50. The molecule has 2 rings (SSSR count). The summed E-state index contributed by atoms with van der Waals surface area (Å²) in [6.07, 6.45) is 2.28. The summed E-state index contributed by atoms with van der Waals surface area (Å²) in [6.45, 7) is 0.0119. The highest BCUT2D eigenvalue weighted by atomic mass is 16.4. The fraction of sp³-hybridized carbons (Fsp3) is 0.316. The molecular weight excluding hydrogens is 350 g/mol.